The molecule has 0 spiro atoms. The summed E-state index contributed by atoms with van der Waals surface area (Å²) in [6.45, 7) is 3.97. The molecular weight excluding hydrogens is 390 g/mol. The SMILES string of the molecule is Cc1ccc(S(=O)(=O)N(C)[C@H](c2ccc3ccccc3c2)c2ccccc2C)cc1. The van der Waals surface area contributed by atoms with Gasteiger partial charge >= 0.3 is 0 Å². The molecule has 4 heteroatoms. The van der Waals surface area contributed by atoms with Gasteiger partial charge in [-0.3, -0.25) is 0 Å². The Hall–Kier alpha value is -2.95. The molecule has 0 aromatic heterocycles. The van der Waals surface area contributed by atoms with Crippen molar-refractivity contribution in [3.8, 4) is 0 Å². The lowest BCUT2D eigenvalue weighted by Crippen LogP contribution is -2.32. The Morgan fingerprint density at radius 3 is 2.07 bits per heavy atom. The highest BCUT2D eigenvalue weighted by atomic mass is 32.2. The van der Waals surface area contributed by atoms with Gasteiger partial charge in [-0.2, -0.15) is 4.31 Å². The van der Waals surface area contributed by atoms with Crippen LogP contribution in [0.3, 0.4) is 0 Å². The molecule has 0 fully saturated rings. The van der Waals surface area contributed by atoms with Crippen molar-refractivity contribution in [2.45, 2.75) is 24.8 Å². The number of benzene rings is 4. The van der Waals surface area contributed by atoms with Gasteiger partial charge in [0.2, 0.25) is 10.0 Å². The van der Waals surface area contributed by atoms with Crippen LogP contribution in [-0.2, 0) is 10.0 Å². The fraction of sp³-hybridized carbons (Fsp3) is 0.154. The minimum Gasteiger partial charge on any atom is -0.207 e. The van der Waals surface area contributed by atoms with E-state index in [2.05, 4.69) is 24.3 Å². The summed E-state index contributed by atoms with van der Waals surface area (Å²) < 4.78 is 28.6. The fourth-order valence-corrected chi connectivity index (χ4v) is 5.20. The van der Waals surface area contributed by atoms with Crippen LogP contribution in [0.4, 0.5) is 0 Å². The van der Waals surface area contributed by atoms with E-state index < -0.39 is 16.1 Å². The number of sulfonamides is 1. The molecule has 152 valence electrons. The molecule has 4 rings (SSSR count). The fourth-order valence-electron chi connectivity index (χ4n) is 3.87. The lowest BCUT2D eigenvalue weighted by molar-refractivity contribution is 0.417. The zero-order valence-corrected chi connectivity index (χ0v) is 18.2. The smallest absolute Gasteiger partial charge is 0.207 e. The molecule has 3 nitrogen and oxygen atoms in total. The van der Waals surface area contributed by atoms with E-state index in [0.29, 0.717) is 4.90 Å². The van der Waals surface area contributed by atoms with Crippen molar-refractivity contribution in [2.24, 2.45) is 0 Å². The van der Waals surface area contributed by atoms with Crippen LogP contribution in [0.1, 0.15) is 28.3 Å². The van der Waals surface area contributed by atoms with Gasteiger partial charge in [-0.15, -0.1) is 0 Å². The highest BCUT2D eigenvalue weighted by Gasteiger charge is 2.31. The number of rotatable bonds is 5. The quantitative estimate of drug-likeness (QED) is 0.409. The van der Waals surface area contributed by atoms with E-state index >= 15 is 0 Å². The van der Waals surface area contributed by atoms with E-state index in [1.54, 1.807) is 19.2 Å². The van der Waals surface area contributed by atoms with Gasteiger partial charge in [0.05, 0.1) is 10.9 Å². The standard InChI is InChI=1S/C26H25NO2S/c1-19-12-16-24(17-13-19)30(28,29)27(3)26(25-11-7-4-8-20(25)2)23-15-14-21-9-5-6-10-22(21)18-23/h4-18,26H,1-3H3/t26-/m1/s1. The van der Waals surface area contributed by atoms with Gasteiger partial charge in [0.25, 0.3) is 0 Å². The average molecular weight is 416 g/mol. The van der Waals surface area contributed by atoms with Crippen LogP contribution in [0.15, 0.2) is 95.9 Å². The first-order valence-corrected chi connectivity index (χ1v) is 11.4. The van der Waals surface area contributed by atoms with Gasteiger partial charge in [-0.25, -0.2) is 8.42 Å². The maximum atomic E-state index is 13.5. The summed E-state index contributed by atoms with van der Waals surface area (Å²) in [6, 6.07) is 28.9. The Kier molecular flexibility index (Phi) is 5.46. The zero-order valence-electron chi connectivity index (χ0n) is 17.4. The lowest BCUT2D eigenvalue weighted by atomic mass is 9.93. The van der Waals surface area contributed by atoms with Gasteiger partial charge < -0.3 is 0 Å². The van der Waals surface area contributed by atoms with Crippen LogP contribution in [-0.4, -0.2) is 19.8 Å². The molecule has 0 aliphatic carbocycles. The monoisotopic (exact) mass is 415 g/mol. The van der Waals surface area contributed by atoms with Gasteiger partial charge in [0, 0.05) is 7.05 Å². The summed E-state index contributed by atoms with van der Waals surface area (Å²) in [4.78, 5) is 0.301. The van der Waals surface area contributed by atoms with Gasteiger partial charge in [-0.1, -0.05) is 78.4 Å². The topological polar surface area (TPSA) is 37.4 Å². The molecule has 0 N–H and O–H groups in total. The van der Waals surface area contributed by atoms with Crippen molar-refractivity contribution in [2.75, 3.05) is 7.05 Å². The van der Waals surface area contributed by atoms with Crippen LogP contribution >= 0.6 is 0 Å². The summed E-state index contributed by atoms with van der Waals surface area (Å²) in [5, 5.41) is 2.23. The second-order valence-corrected chi connectivity index (χ2v) is 9.70. The molecule has 0 aliphatic heterocycles. The zero-order chi connectivity index (χ0) is 21.3. The van der Waals surface area contributed by atoms with Crippen LogP contribution in [0.2, 0.25) is 0 Å². The van der Waals surface area contributed by atoms with E-state index in [-0.39, 0.29) is 0 Å². The molecule has 0 unspecified atom stereocenters. The number of hydrogen-bond acceptors (Lipinski definition) is 2. The Labute approximate surface area is 178 Å². The molecule has 4 aromatic carbocycles. The minimum absolute atomic E-state index is 0.301. The molecule has 30 heavy (non-hydrogen) atoms. The van der Waals surface area contributed by atoms with E-state index in [1.807, 2.05) is 68.4 Å². The molecule has 0 saturated carbocycles. The first-order valence-electron chi connectivity index (χ1n) is 9.97. The van der Waals surface area contributed by atoms with Crippen molar-refractivity contribution in [1.82, 2.24) is 4.31 Å². The third kappa shape index (κ3) is 3.76. The summed E-state index contributed by atoms with van der Waals surface area (Å²) in [5.74, 6) is 0. The largest absolute Gasteiger partial charge is 0.243 e. The summed E-state index contributed by atoms with van der Waals surface area (Å²) in [5.41, 5.74) is 4.01. The molecule has 0 bridgehead atoms. The molecule has 4 aromatic rings. The molecule has 0 aliphatic rings. The third-order valence-corrected chi connectivity index (χ3v) is 7.47. The van der Waals surface area contributed by atoms with Crippen molar-refractivity contribution in [3.05, 3.63) is 113 Å². The van der Waals surface area contributed by atoms with Crippen molar-refractivity contribution in [3.63, 3.8) is 0 Å². The Bertz CT molecular complexity index is 1290. The minimum atomic E-state index is -3.69. The predicted molar refractivity (Wildman–Crippen MR) is 123 cm³/mol. The van der Waals surface area contributed by atoms with Crippen molar-refractivity contribution in [1.29, 1.82) is 0 Å². The maximum absolute atomic E-state index is 13.5. The molecule has 1 atom stereocenters. The van der Waals surface area contributed by atoms with Crippen molar-refractivity contribution < 1.29 is 8.42 Å². The van der Waals surface area contributed by atoms with E-state index in [0.717, 1.165) is 33.0 Å². The lowest BCUT2D eigenvalue weighted by Gasteiger charge is -2.30. The first-order chi connectivity index (χ1) is 14.4. The van der Waals surface area contributed by atoms with Crippen LogP contribution in [0.25, 0.3) is 10.8 Å². The molecule has 0 amide bonds. The highest BCUT2D eigenvalue weighted by Crippen LogP contribution is 2.35. The molecule has 0 radical (unpaired) electrons. The van der Waals surface area contributed by atoms with Crippen LogP contribution in [0.5, 0.6) is 0 Å². The summed E-state index contributed by atoms with van der Waals surface area (Å²) in [7, 11) is -2.02. The maximum Gasteiger partial charge on any atom is 0.243 e. The number of aryl methyl sites for hydroxylation is 2. The number of fused-ring (bicyclic) bond motifs is 1. The summed E-state index contributed by atoms with van der Waals surface area (Å²) in [6.07, 6.45) is 0. The molecular formula is C26H25NO2S. The Morgan fingerprint density at radius 2 is 1.37 bits per heavy atom. The summed E-state index contributed by atoms with van der Waals surface area (Å²) >= 11 is 0. The molecule has 0 saturated heterocycles. The van der Waals surface area contributed by atoms with Gasteiger partial charge in [-0.05, 0) is 59.5 Å². The van der Waals surface area contributed by atoms with Crippen molar-refractivity contribution >= 4 is 20.8 Å². The predicted octanol–water partition coefficient (Wildman–Crippen LogP) is 5.87. The van der Waals surface area contributed by atoms with E-state index in [1.165, 1.54) is 4.31 Å². The highest BCUT2D eigenvalue weighted by molar-refractivity contribution is 7.89. The van der Waals surface area contributed by atoms with Gasteiger partial charge in [0.1, 0.15) is 0 Å². The van der Waals surface area contributed by atoms with Gasteiger partial charge in [0.15, 0.2) is 0 Å². The Morgan fingerprint density at radius 1 is 0.733 bits per heavy atom. The number of nitrogens with zero attached hydrogens (tertiary/aromatic N) is 1. The number of hydrogen-bond donors (Lipinski definition) is 0. The van der Waals surface area contributed by atoms with Crippen LogP contribution < -0.4 is 0 Å². The Balaban J connectivity index is 1.88. The normalized spacial score (nSPS) is 12.9. The first kappa shape index (κ1) is 20.3. The van der Waals surface area contributed by atoms with E-state index in [9.17, 15) is 8.42 Å². The second kappa shape index (κ2) is 8.05. The average Bonchev–Trinajstić information content (AvgIpc) is 2.75. The second-order valence-electron chi connectivity index (χ2n) is 7.70. The van der Waals surface area contributed by atoms with Crippen LogP contribution in [0, 0.1) is 13.8 Å². The third-order valence-electron chi connectivity index (χ3n) is 5.63. The molecule has 0 heterocycles. The van der Waals surface area contributed by atoms with E-state index in [4.69, 9.17) is 0 Å².